The zero-order valence-corrected chi connectivity index (χ0v) is 13.9. The molecule has 0 aliphatic carbocycles. The van der Waals surface area contributed by atoms with Crippen LogP contribution in [-0.4, -0.2) is 16.4 Å². The summed E-state index contributed by atoms with van der Waals surface area (Å²) < 4.78 is 1.64. The first kappa shape index (κ1) is 17.0. The molecular weight excluding hydrogens is 328 g/mol. The highest BCUT2D eigenvalue weighted by atomic mass is 16.2. The minimum Gasteiger partial charge on any atom is -0.399 e. The number of aromatic nitrogens is 1. The first-order chi connectivity index (χ1) is 12.5. The average molecular weight is 346 g/mol. The number of nitrogens with two attached hydrogens (primary N) is 3. The molecule has 0 fully saturated rings. The number of hydrogen-bond donors (Lipinski definition) is 3. The number of amides is 1. The molecule has 130 valence electrons. The quantitative estimate of drug-likeness (QED) is 0.484. The highest BCUT2D eigenvalue weighted by molar-refractivity contribution is 6.03. The maximum absolute atomic E-state index is 12.3. The molecule has 6 heteroatoms. The number of benzene rings is 3. The number of carbonyl (C=O) groups is 2. The Labute approximate surface area is 150 Å². The van der Waals surface area contributed by atoms with Gasteiger partial charge in [0.05, 0.1) is 0 Å². The number of primary amides is 1. The lowest BCUT2D eigenvalue weighted by Crippen LogP contribution is -2.13. The normalized spacial score (nSPS) is 10.3. The van der Waals surface area contributed by atoms with Gasteiger partial charge in [0.25, 0.3) is 5.91 Å². The molecular formula is C20H18N4O2. The van der Waals surface area contributed by atoms with E-state index >= 15 is 0 Å². The summed E-state index contributed by atoms with van der Waals surface area (Å²) in [6.07, 6.45) is 0. The lowest BCUT2D eigenvalue weighted by molar-refractivity contribution is 0.0965. The molecule has 6 nitrogen and oxygen atoms in total. The molecule has 0 saturated carbocycles. The zero-order valence-electron chi connectivity index (χ0n) is 13.9. The highest BCUT2D eigenvalue weighted by Gasteiger charge is 2.14. The molecule has 0 radical (unpaired) electrons. The standard InChI is InChI=1S/C14H10N2O2.C6H8N2/c15-13(17)9-1-3-10(4-2-9)14(18)16-11-5-6-12(16)8-7-11;7-5-1-2-6(8)4-3-5/h1-8H,(H2,15,17);1-4H,7-8H2. The predicted molar refractivity (Wildman–Crippen MR) is 103 cm³/mol. The first-order valence-corrected chi connectivity index (χ1v) is 7.91. The topological polar surface area (TPSA) is 117 Å². The van der Waals surface area contributed by atoms with Crippen molar-refractivity contribution in [1.29, 1.82) is 0 Å². The summed E-state index contributed by atoms with van der Waals surface area (Å²) in [7, 11) is 0. The lowest BCUT2D eigenvalue weighted by atomic mass is 10.1. The maximum atomic E-state index is 12.3. The number of carbonyl (C=O) groups excluding carboxylic acids is 2. The van der Waals surface area contributed by atoms with Crippen LogP contribution in [0.5, 0.6) is 0 Å². The van der Waals surface area contributed by atoms with Crippen LogP contribution in [0.2, 0.25) is 0 Å². The summed E-state index contributed by atoms with van der Waals surface area (Å²) in [5, 5.41) is 0. The Morgan fingerprint density at radius 1 is 0.615 bits per heavy atom. The molecule has 0 spiro atoms. The van der Waals surface area contributed by atoms with E-state index in [1.165, 1.54) is 0 Å². The monoisotopic (exact) mass is 346 g/mol. The van der Waals surface area contributed by atoms with Gasteiger partial charge in [-0.25, -0.2) is 0 Å². The van der Waals surface area contributed by atoms with Crippen molar-refractivity contribution in [3.63, 3.8) is 0 Å². The van der Waals surface area contributed by atoms with E-state index < -0.39 is 5.91 Å². The van der Waals surface area contributed by atoms with E-state index in [0.29, 0.717) is 11.1 Å². The van der Waals surface area contributed by atoms with Gasteiger partial charge in [-0.3, -0.25) is 14.2 Å². The Morgan fingerprint density at radius 3 is 1.38 bits per heavy atom. The summed E-state index contributed by atoms with van der Waals surface area (Å²) in [5.74, 6) is -0.603. The Bertz CT molecular complexity index is 965. The van der Waals surface area contributed by atoms with Crippen LogP contribution in [0, 0.1) is 0 Å². The van der Waals surface area contributed by atoms with Gasteiger partial charge in [-0.05, 0) is 72.8 Å². The van der Waals surface area contributed by atoms with E-state index in [1.54, 1.807) is 53.1 Å². The fraction of sp³-hybridized carbons (Fsp3) is 0. The number of nitrogen functional groups attached to an aromatic ring is 2. The molecule has 2 heterocycles. The van der Waals surface area contributed by atoms with Crippen molar-refractivity contribution in [2.75, 3.05) is 11.5 Å². The van der Waals surface area contributed by atoms with Crippen molar-refractivity contribution < 1.29 is 9.59 Å². The maximum Gasteiger partial charge on any atom is 0.262 e. The number of anilines is 2. The van der Waals surface area contributed by atoms with Gasteiger partial charge in [-0.15, -0.1) is 0 Å². The zero-order chi connectivity index (χ0) is 18.7. The second-order valence-electron chi connectivity index (χ2n) is 5.77. The van der Waals surface area contributed by atoms with Crippen molar-refractivity contribution in [2.24, 2.45) is 5.73 Å². The first-order valence-electron chi connectivity index (χ1n) is 7.91. The third-order valence-electron chi connectivity index (χ3n) is 3.92. The van der Waals surface area contributed by atoms with Crippen LogP contribution >= 0.6 is 0 Å². The molecule has 0 saturated heterocycles. The molecule has 0 atom stereocenters. The molecule has 26 heavy (non-hydrogen) atoms. The fourth-order valence-corrected chi connectivity index (χ4v) is 2.54. The van der Waals surface area contributed by atoms with E-state index in [2.05, 4.69) is 0 Å². The molecule has 1 amide bonds. The van der Waals surface area contributed by atoms with Crippen molar-refractivity contribution >= 4 is 34.2 Å². The van der Waals surface area contributed by atoms with Crippen molar-refractivity contribution in [3.05, 3.63) is 83.9 Å². The number of fused-ring (bicyclic) bond motifs is 2. The van der Waals surface area contributed by atoms with Crippen molar-refractivity contribution in [1.82, 2.24) is 4.57 Å². The lowest BCUT2D eigenvalue weighted by Gasteiger charge is -2.03. The van der Waals surface area contributed by atoms with Gasteiger partial charge in [-0.1, -0.05) is 0 Å². The van der Waals surface area contributed by atoms with Crippen molar-refractivity contribution in [2.45, 2.75) is 0 Å². The Kier molecular flexibility index (Phi) is 4.57. The van der Waals surface area contributed by atoms with E-state index in [9.17, 15) is 9.59 Å². The fourth-order valence-electron chi connectivity index (χ4n) is 2.54. The van der Waals surface area contributed by atoms with Crippen LogP contribution in [0.4, 0.5) is 11.4 Å². The van der Waals surface area contributed by atoms with Crippen LogP contribution in [0.25, 0.3) is 11.0 Å². The van der Waals surface area contributed by atoms with E-state index in [-0.39, 0.29) is 5.91 Å². The molecule has 4 aromatic rings. The second kappa shape index (κ2) is 6.98. The third-order valence-corrected chi connectivity index (χ3v) is 3.92. The molecule has 0 unspecified atom stereocenters. The molecule has 2 aromatic heterocycles. The third kappa shape index (κ3) is 3.49. The van der Waals surface area contributed by atoms with Gasteiger partial charge in [0, 0.05) is 33.5 Å². The molecule has 4 rings (SSSR count). The predicted octanol–water partition coefficient (Wildman–Crippen LogP) is 2.72. The summed E-state index contributed by atoms with van der Waals surface area (Å²) in [5.41, 5.74) is 20.1. The van der Waals surface area contributed by atoms with Gasteiger partial charge in [-0.2, -0.15) is 0 Å². The number of rotatable bonds is 2. The van der Waals surface area contributed by atoms with E-state index in [0.717, 1.165) is 22.4 Å². The minimum absolute atomic E-state index is 0.106. The van der Waals surface area contributed by atoms with E-state index in [1.807, 2.05) is 24.3 Å². The number of nitrogens with zero attached hydrogens (tertiary/aromatic N) is 1. The highest BCUT2D eigenvalue weighted by Crippen LogP contribution is 2.19. The van der Waals surface area contributed by atoms with Gasteiger partial charge < -0.3 is 17.2 Å². The van der Waals surface area contributed by atoms with Gasteiger partial charge in [0.2, 0.25) is 5.91 Å². The van der Waals surface area contributed by atoms with Crippen LogP contribution in [0.3, 0.4) is 0 Å². The molecule has 6 N–H and O–H groups in total. The average Bonchev–Trinajstić information content (AvgIpc) is 3.24. The minimum atomic E-state index is -0.498. The summed E-state index contributed by atoms with van der Waals surface area (Å²) in [6, 6.07) is 21.0. The van der Waals surface area contributed by atoms with Crippen molar-refractivity contribution in [3.8, 4) is 0 Å². The molecule has 2 aromatic carbocycles. The Balaban J connectivity index is 0.000000206. The van der Waals surface area contributed by atoms with Crippen LogP contribution in [0.15, 0.2) is 72.8 Å². The van der Waals surface area contributed by atoms with Crippen LogP contribution in [0.1, 0.15) is 20.7 Å². The molecule has 0 aliphatic heterocycles. The summed E-state index contributed by atoms with van der Waals surface area (Å²) in [4.78, 5) is 23.2. The Morgan fingerprint density at radius 2 is 1.00 bits per heavy atom. The van der Waals surface area contributed by atoms with Gasteiger partial charge in [0.1, 0.15) is 0 Å². The van der Waals surface area contributed by atoms with Gasteiger partial charge >= 0.3 is 0 Å². The van der Waals surface area contributed by atoms with Crippen LogP contribution < -0.4 is 17.2 Å². The largest absolute Gasteiger partial charge is 0.399 e. The van der Waals surface area contributed by atoms with Crippen LogP contribution in [-0.2, 0) is 0 Å². The van der Waals surface area contributed by atoms with Gasteiger partial charge in [0.15, 0.2) is 0 Å². The summed E-state index contributed by atoms with van der Waals surface area (Å²) >= 11 is 0. The smallest absolute Gasteiger partial charge is 0.262 e. The SMILES string of the molecule is NC(=O)c1ccc(C(=O)n2c3ccc2cc3)cc1.Nc1ccc(N)cc1. The second-order valence-corrected chi connectivity index (χ2v) is 5.77. The Hall–Kier alpha value is -3.80. The molecule has 2 bridgehead atoms. The number of hydrogen-bond acceptors (Lipinski definition) is 4. The van der Waals surface area contributed by atoms with E-state index in [4.69, 9.17) is 17.2 Å². The summed E-state index contributed by atoms with van der Waals surface area (Å²) in [6.45, 7) is 0. The molecule has 0 aliphatic rings.